The van der Waals surface area contributed by atoms with Crippen molar-refractivity contribution in [3.63, 3.8) is 0 Å². The maximum Gasteiger partial charge on any atom is 0.407 e. The second-order valence-electron chi connectivity index (χ2n) is 9.18. The number of nitrogens with one attached hydrogen (secondary N) is 2. The first-order valence-corrected chi connectivity index (χ1v) is 10.9. The Morgan fingerprint density at radius 3 is 2.00 bits per heavy atom. The van der Waals surface area contributed by atoms with Gasteiger partial charge in [-0.1, -0.05) is 69.3 Å². The summed E-state index contributed by atoms with van der Waals surface area (Å²) in [5.41, 5.74) is 3.66. The lowest BCUT2D eigenvalue weighted by molar-refractivity contribution is -0.143. The Labute approximate surface area is 193 Å². The molecule has 0 aliphatic heterocycles. The zero-order valence-corrected chi connectivity index (χ0v) is 19.0. The molecule has 0 bridgehead atoms. The minimum absolute atomic E-state index is 0.0978. The van der Waals surface area contributed by atoms with Gasteiger partial charge in [-0.05, 0) is 27.7 Å². The lowest BCUT2D eigenvalue weighted by atomic mass is 9.86. The zero-order chi connectivity index (χ0) is 24.2. The molecule has 2 atom stereocenters. The van der Waals surface area contributed by atoms with Gasteiger partial charge in [-0.3, -0.25) is 4.79 Å². The SMILES string of the molecule is CC(C)(C)[C@H](NC(=O)OCC1c2ccccc2-c2ccccc21)C(=O)N[C@H](CCO)C(=O)O. The first kappa shape index (κ1) is 24.3. The molecule has 4 N–H and O–H groups in total. The predicted molar refractivity (Wildman–Crippen MR) is 123 cm³/mol. The highest BCUT2D eigenvalue weighted by molar-refractivity contribution is 5.90. The number of carbonyl (C=O) groups is 3. The third-order valence-electron chi connectivity index (χ3n) is 5.77. The molecular formula is C25H30N2O6. The number of hydrogen-bond donors (Lipinski definition) is 4. The average molecular weight is 455 g/mol. The lowest BCUT2D eigenvalue weighted by Crippen LogP contribution is -2.56. The number of carboxylic acids is 1. The molecule has 0 spiro atoms. The van der Waals surface area contributed by atoms with E-state index in [9.17, 15) is 19.5 Å². The van der Waals surface area contributed by atoms with Gasteiger partial charge in [0.15, 0.2) is 0 Å². The van der Waals surface area contributed by atoms with E-state index in [4.69, 9.17) is 9.84 Å². The van der Waals surface area contributed by atoms with Crippen LogP contribution in [0.25, 0.3) is 11.1 Å². The van der Waals surface area contributed by atoms with Crippen LogP contribution in [-0.2, 0) is 14.3 Å². The van der Waals surface area contributed by atoms with Crippen molar-refractivity contribution in [2.75, 3.05) is 13.2 Å². The second-order valence-corrected chi connectivity index (χ2v) is 9.18. The van der Waals surface area contributed by atoms with E-state index in [1.54, 1.807) is 20.8 Å². The number of fused-ring (bicyclic) bond motifs is 3. The predicted octanol–water partition coefficient (Wildman–Crippen LogP) is 2.89. The molecule has 0 aromatic heterocycles. The third kappa shape index (κ3) is 5.51. The van der Waals surface area contributed by atoms with E-state index in [0.717, 1.165) is 22.3 Å². The van der Waals surface area contributed by atoms with Crippen LogP contribution in [0.2, 0.25) is 0 Å². The highest BCUT2D eigenvalue weighted by Gasteiger charge is 2.36. The van der Waals surface area contributed by atoms with Gasteiger partial charge in [0.25, 0.3) is 0 Å². The van der Waals surface area contributed by atoms with Crippen molar-refractivity contribution in [2.24, 2.45) is 5.41 Å². The van der Waals surface area contributed by atoms with Gasteiger partial charge in [-0.2, -0.15) is 0 Å². The molecule has 0 fully saturated rings. The molecule has 0 radical (unpaired) electrons. The van der Waals surface area contributed by atoms with Gasteiger partial charge >= 0.3 is 12.1 Å². The summed E-state index contributed by atoms with van der Waals surface area (Å²) in [5.74, 6) is -2.03. The van der Waals surface area contributed by atoms with Crippen molar-refractivity contribution in [1.82, 2.24) is 10.6 Å². The number of ether oxygens (including phenoxy) is 1. The molecule has 0 unspecified atom stereocenters. The Morgan fingerprint density at radius 2 is 1.52 bits per heavy atom. The summed E-state index contributed by atoms with van der Waals surface area (Å²) < 4.78 is 5.53. The summed E-state index contributed by atoms with van der Waals surface area (Å²) in [6.07, 6.45) is -0.899. The maximum absolute atomic E-state index is 12.8. The summed E-state index contributed by atoms with van der Waals surface area (Å²) in [5, 5.41) is 23.3. The molecule has 1 aliphatic rings. The van der Waals surface area contributed by atoms with Crippen molar-refractivity contribution >= 4 is 18.0 Å². The van der Waals surface area contributed by atoms with Crippen LogP contribution in [0.1, 0.15) is 44.2 Å². The van der Waals surface area contributed by atoms with Crippen LogP contribution in [0, 0.1) is 5.41 Å². The highest BCUT2D eigenvalue weighted by Crippen LogP contribution is 2.44. The van der Waals surface area contributed by atoms with Crippen molar-refractivity contribution in [3.05, 3.63) is 59.7 Å². The maximum atomic E-state index is 12.8. The third-order valence-corrected chi connectivity index (χ3v) is 5.77. The highest BCUT2D eigenvalue weighted by atomic mass is 16.5. The largest absolute Gasteiger partial charge is 0.480 e. The molecule has 176 valence electrons. The Hall–Kier alpha value is -3.39. The Kier molecular flexibility index (Phi) is 7.38. The lowest BCUT2D eigenvalue weighted by Gasteiger charge is -2.31. The van der Waals surface area contributed by atoms with Crippen LogP contribution in [0.5, 0.6) is 0 Å². The average Bonchev–Trinajstić information content (AvgIpc) is 3.08. The molecular weight excluding hydrogens is 424 g/mol. The second kappa shape index (κ2) is 10.0. The number of alkyl carbamates (subject to hydrolysis) is 1. The molecule has 3 rings (SSSR count). The van der Waals surface area contributed by atoms with Crippen molar-refractivity contribution in [3.8, 4) is 11.1 Å². The van der Waals surface area contributed by atoms with Crippen LogP contribution < -0.4 is 10.6 Å². The quantitative estimate of drug-likeness (QED) is 0.486. The fourth-order valence-electron chi connectivity index (χ4n) is 4.07. The number of amides is 2. The molecule has 8 heteroatoms. The van der Waals surface area contributed by atoms with Crippen molar-refractivity contribution in [1.29, 1.82) is 0 Å². The fraction of sp³-hybridized carbons (Fsp3) is 0.400. The molecule has 8 nitrogen and oxygen atoms in total. The van der Waals surface area contributed by atoms with Crippen LogP contribution >= 0.6 is 0 Å². The number of hydrogen-bond acceptors (Lipinski definition) is 5. The smallest absolute Gasteiger partial charge is 0.407 e. The van der Waals surface area contributed by atoms with E-state index >= 15 is 0 Å². The number of benzene rings is 2. The Bertz CT molecular complexity index is 984. The summed E-state index contributed by atoms with van der Waals surface area (Å²) in [6.45, 7) is 4.96. The molecule has 0 saturated heterocycles. The van der Waals surface area contributed by atoms with Gasteiger partial charge in [0.2, 0.25) is 5.91 Å². The molecule has 33 heavy (non-hydrogen) atoms. The number of carboxylic acid groups (broad SMARTS) is 1. The standard InChI is InChI=1S/C25H30N2O6/c1-25(2,3)21(22(29)26-20(12-13-28)23(30)31)27-24(32)33-14-19-17-10-6-4-8-15(17)16-9-5-7-11-18(16)19/h4-11,19-21,28H,12-14H2,1-3H3,(H,26,29)(H,27,32)(H,30,31)/t20-,21-/m1/s1. The van der Waals surface area contributed by atoms with Gasteiger partial charge < -0.3 is 25.6 Å². The molecule has 0 heterocycles. The normalized spacial score (nSPS) is 14.5. The first-order valence-electron chi connectivity index (χ1n) is 10.9. The Morgan fingerprint density at radius 1 is 0.970 bits per heavy atom. The van der Waals surface area contributed by atoms with Crippen LogP contribution in [0.3, 0.4) is 0 Å². The molecule has 2 amide bonds. The number of rotatable bonds is 8. The van der Waals surface area contributed by atoms with Crippen LogP contribution in [0.15, 0.2) is 48.5 Å². The molecule has 2 aromatic carbocycles. The molecule has 0 saturated carbocycles. The van der Waals surface area contributed by atoms with Gasteiger partial charge in [0.05, 0.1) is 0 Å². The van der Waals surface area contributed by atoms with Crippen molar-refractivity contribution in [2.45, 2.75) is 45.2 Å². The molecule has 1 aliphatic carbocycles. The number of aliphatic carboxylic acids is 1. The summed E-state index contributed by atoms with van der Waals surface area (Å²) in [6, 6.07) is 13.7. The topological polar surface area (TPSA) is 125 Å². The van der Waals surface area contributed by atoms with E-state index in [1.165, 1.54) is 0 Å². The van der Waals surface area contributed by atoms with Crippen LogP contribution in [-0.4, -0.2) is 53.5 Å². The van der Waals surface area contributed by atoms with Crippen molar-refractivity contribution < 1.29 is 29.3 Å². The zero-order valence-electron chi connectivity index (χ0n) is 19.0. The summed E-state index contributed by atoms with van der Waals surface area (Å²) in [7, 11) is 0. The first-order chi connectivity index (χ1) is 15.6. The van der Waals surface area contributed by atoms with Crippen LogP contribution in [0.4, 0.5) is 4.79 Å². The van der Waals surface area contributed by atoms with Gasteiger partial charge in [0, 0.05) is 18.9 Å². The Balaban J connectivity index is 1.69. The van der Waals surface area contributed by atoms with E-state index < -0.39 is 42.1 Å². The van der Waals surface area contributed by atoms with E-state index in [2.05, 4.69) is 10.6 Å². The minimum Gasteiger partial charge on any atom is -0.480 e. The summed E-state index contributed by atoms with van der Waals surface area (Å²) >= 11 is 0. The fourth-order valence-corrected chi connectivity index (χ4v) is 4.07. The van der Waals surface area contributed by atoms with E-state index in [1.807, 2.05) is 48.5 Å². The minimum atomic E-state index is -1.26. The number of carbonyl (C=O) groups excluding carboxylic acids is 2. The number of aliphatic hydroxyl groups excluding tert-OH is 1. The number of aliphatic hydroxyl groups is 1. The van der Waals surface area contributed by atoms with Gasteiger partial charge in [0.1, 0.15) is 18.7 Å². The summed E-state index contributed by atoms with van der Waals surface area (Å²) in [4.78, 5) is 36.8. The van der Waals surface area contributed by atoms with E-state index in [-0.39, 0.29) is 18.9 Å². The monoisotopic (exact) mass is 454 g/mol. The van der Waals surface area contributed by atoms with Gasteiger partial charge in [-0.25, -0.2) is 9.59 Å². The van der Waals surface area contributed by atoms with E-state index in [0.29, 0.717) is 0 Å². The van der Waals surface area contributed by atoms with Gasteiger partial charge in [-0.15, -0.1) is 0 Å². The molecule has 2 aromatic rings.